The van der Waals surface area contributed by atoms with Gasteiger partial charge in [0, 0.05) is 0 Å². The first-order chi connectivity index (χ1) is 11.2. The van der Waals surface area contributed by atoms with Crippen LogP contribution in [0.2, 0.25) is 0 Å². The number of nitrogens with two attached hydrogens (primary N) is 1. The Morgan fingerprint density at radius 3 is 2.78 bits per heavy atom. The predicted molar refractivity (Wildman–Crippen MR) is 89.2 cm³/mol. The fourth-order valence-corrected chi connectivity index (χ4v) is 3.28. The Bertz CT molecular complexity index is 884. The van der Waals surface area contributed by atoms with Crippen molar-refractivity contribution in [2.45, 2.75) is 18.9 Å². The zero-order valence-corrected chi connectivity index (χ0v) is 12.7. The maximum absolute atomic E-state index is 11.6. The van der Waals surface area contributed by atoms with E-state index in [-0.39, 0.29) is 6.04 Å². The third-order valence-electron chi connectivity index (χ3n) is 4.45. The molecule has 0 bridgehead atoms. The Kier molecular flexibility index (Phi) is 3.35. The van der Waals surface area contributed by atoms with E-state index < -0.39 is 5.91 Å². The third-order valence-corrected chi connectivity index (χ3v) is 4.45. The third kappa shape index (κ3) is 2.49. The lowest BCUT2D eigenvalue weighted by Gasteiger charge is -2.13. The first kappa shape index (κ1) is 14.0. The standard InChI is InChI=1S/C18H18N4O/c19-17(23)13-6-3-7-14-16(13)22-18(21-14)15-10-12-5-2-1-4-11(12)8-9-20-15/h1-7,15,20H,8-10H2,(H2,19,23)(H,21,22). The molecule has 23 heavy (non-hydrogen) atoms. The molecular weight excluding hydrogens is 288 g/mol. The zero-order valence-electron chi connectivity index (χ0n) is 12.7. The molecule has 1 amide bonds. The molecule has 4 N–H and O–H groups in total. The van der Waals surface area contributed by atoms with E-state index in [0.29, 0.717) is 11.1 Å². The topological polar surface area (TPSA) is 83.8 Å². The van der Waals surface area contributed by atoms with Gasteiger partial charge in [0.1, 0.15) is 11.3 Å². The van der Waals surface area contributed by atoms with Crippen molar-refractivity contribution < 1.29 is 4.79 Å². The zero-order chi connectivity index (χ0) is 15.8. The Balaban J connectivity index is 1.75. The maximum Gasteiger partial charge on any atom is 0.250 e. The van der Waals surface area contributed by atoms with Gasteiger partial charge in [0.2, 0.25) is 0 Å². The summed E-state index contributed by atoms with van der Waals surface area (Å²) >= 11 is 0. The number of aromatic amines is 1. The summed E-state index contributed by atoms with van der Waals surface area (Å²) in [6.07, 6.45) is 1.89. The molecule has 0 radical (unpaired) electrons. The van der Waals surface area contributed by atoms with E-state index >= 15 is 0 Å². The van der Waals surface area contributed by atoms with E-state index in [1.165, 1.54) is 11.1 Å². The van der Waals surface area contributed by atoms with Gasteiger partial charge in [-0.25, -0.2) is 4.98 Å². The smallest absolute Gasteiger partial charge is 0.250 e. The van der Waals surface area contributed by atoms with Gasteiger partial charge in [-0.1, -0.05) is 30.3 Å². The van der Waals surface area contributed by atoms with Crippen LogP contribution in [0.4, 0.5) is 0 Å². The van der Waals surface area contributed by atoms with Gasteiger partial charge < -0.3 is 16.0 Å². The van der Waals surface area contributed by atoms with Crippen molar-refractivity contribution >= 4 is 16.9 Å². The summed E-state index contributed by atoms with van der Waals surface area (Å²) in [6.45, 7) is 0.904. The number of rotatable bonds is 2. The van der Waals surface area contributed by atoms with Crippen LogP contribution in [0.25, 0.3) is 11.0 Å². The van der Waals surface area contributed by atoms with E-state index in [2.05, 4.69) is 39.6 Å². The molecule has 2 heterocycles. The van der Waals surface area contributed by atoms with Crippen molar-refractivity contribution in [1.82, 2.24) is 15.3 Å². The van der Waals surface area contributed by atoms with Crippen molar-refractivity contribution in [3.05, 3.63) is 65.0 Å². The molecule has 1 atom stereocenters. The van der Waals surface area contributed by atoms with Crippen LogP contribution in [0.3, 0.4) is 0 Å². The van der Waals surface area contributed by atoms with Crippen molar-refractivity contribution in [3.8, 4) is 0 Å². The van der Waals surface area contributed by atoms with Gasteiger partial charge >= 0.3 is 0 Å². The van der Waals surface area contributed by atoms with Gasteiger partial charge in [0.25, 0.3) is 5.91 Å². The minimum atomic E-state index is -0.451. The average molecular weight is 306 g/mol. The molecule has 1 aromatic heterocycles. The summed E-state index contributed by atoms with van der Waals surface area (Å²) in [5.41, 5.74) is 10.1. The average Bonchev–Trinajstić information content (AvgIpc) is 2.87. The molecule has 0 saturated heterocycles. The van der Waals surface area contributed by atoms with Gasteiger partial charge in [-0.3, -0.25) is 4.79 Å². The first-order valence-electron chi connectivity index (χ1n) is 7.81. The van der Waals surface area contributed by atoms with Gasteiger partial charge in [0.05, 0.1) is 17.1 Å². The Labute approximate surface area is 133 Å². The highest BCUT2D eigenvalue weighted by atomic mass is 16.1. The molecule has 116 valence electrons. The van der Waals surface area contributed by atoms with Gasteiger partial charge in [-0.2, -0.15) is 0 Å². The summed E-state index contributed by atoms with van der Waals surface area (Å²) in [7, 11) is 0. The second kappa shape index (κ2) is 5.52. The quantitative estimate of drug-likeness (QED) is 0.678. The van der Waals surface area contributed by atoms with Crippen LogP contribution >= 0.6 is 0 Å². The van der Waals surface area contributed by atoms with E-state index in [0.717, 1.165) is 30.7 Å². The second-order valence-electron chi connectivity index (χ2n) is 5.92. The fourth-order valence-electron chi connectivity index (χ4n) is 3.28. The van der Waals surface area contributed by atoms with Gasteiger partial charge in [-0.05, 0) is 42.6 Å². The first-order valence-corrected chi connectivity index (χ1v) is 7.81. The second-order valence-corrected chi connectivity index (χ2v) is 5.92. The van der Waals surface area contributed by atoms with Crippen LogP contribution in [-0.4, -0.2) is 22.4 Å². The van der Waals surface area contributed by atoms with Crippen molar-refractivity contribution in [3.63, 3.8) is 0 Å². The van der Waals surface area contributed by atoms with Crippen molar-refractivity contribution in [2.24, 2.45) is 5.73 Å². The van der Waals surface area contributed by atoms with Crippen molar-refractivity contribution in [2.75, 3.05) is 6.54 Å². The Morgan fingerprint density at radius 1 is 1.13 bits per heavy atom. The molecule has 2 aromatic carbocycles. The molecule has 1 aliphatic rings. The lowest BCUT2D eigenvalue weighted by atomic mass is 10.0. The summed E-state index contributed by atoms with van der Waals surface area (Å²) in [4.78, 5) is 19.6. The minimum Gasteiger partial charge on any atom is -0.366 e. The molecule has 1 aliphatic heterocycles. The minimum absolute atomic E-state index is 0.103. The van der Waals surface area contributed by atoms with Crippen LogP contribution < -0.4 is 11.1 Å². The van der Waals surface area contributed by atoms with E-state index in [9.17, 15) is 4.79 Å². The predicted octanol–water partition coefficient (Wildman–Crippen LogP) is 2.09. The molecule has 4 rings (SSSR count). The molecule has 0 spiro atoms. The number of H-pyrrole nitrogens is 1. The van der Waals surface area contributed by atoms with E-state index in [1.807, 2.05) is 12.1 Å². The van der Waals surface area contributed by atoms with Crippen LogP contribution in [0.1, 0.15) is 33.4 Å². The van der Waals surface area contributed by atoms with E-state index in [1.54, 1.807) is 6.07 Å². The number of fused-ring (bicyclic) bond motifs is 2. The number of hydrogen-bond donors (Lipinski definition) is 3. The maximum atomic E-state index is 11.6. The lowest BCUT2D eigenvalue weighted by molar-refractivity contribution is 0.100. The highest BCUT2D eigenvalue weighted by Gasteiger charge is 2.21. The number of carbonyl (C=O) groups excluding carboxylic acids is 1. The molecular formula is C18H18N4O. The molecule has 0 aliphatic carbocycles. The highest BCUT2D eigenvalue weighted by molar-refractivity contribution is 6.04. The number of hydrogen-bond acceptors (Lipinski definition) is 3. The number of nitrogens with one attached hydrogen (secondary N) is 2. The van der Waals surface area contributed by atoms with Crippen LogP contribution in [0, 0.1) is 0 Å². The SMILES string of the molecule is NC(=O)c1cccc2[nH]c(C3Cc4ccccc4CCN3)nc12. The number of amides is 1. The van der Waals surface area contributed by atoms with Crippen molar-refractivity contribution in [1.29, 1.82) is 0 Å². The molecule has 0 saturated carbocycles. The molecule has 5 heteroatoms. The fraction of sp³-hybridized carbons (Fsp3) is 0.222. The summed E-state index contributed by atoms with van der Waals surface area (Å²) in [5, 5.41) is 3.54. The van der Waals surface area contributed by atoms with E-state index in [4.69, 9.17) is 5.73 Å². The van der Waals surface area contributed by atoms with Crippen LogP contribution in [-0.2, 0) is 12.8 Å². The highest BCUT2D eigenvalue weighted by Crippen LogP contribution is 2.25. The normalized spacial score (nSPS) is 17.7. The van der Waals surface area contributed by atoms with Crippen LogP contribution in [0.15, 0.2) is 42.5 Å². The molecule has 3 aromatic rings. The molecule has 1 unspecified atom stereocenters. The largest absolute Gasteiger partial charge is 0.366 e. The number of nitrogens with zero attached hydrogens (tertiary/aromatic N) is 1. The lowest BCUT2D eigenvalue weighted by Crippen LogP contribution is -2.23. The van der Waals surface area contributed by atoms with Gasteiger partial charge in [0.15, 0.2) is 0 Å². The molecule has 0 fully saturated rings. The number of aromatic nitrogens is 2. The monoisotopic (exact) mass is 306 g/mol. The Hall–Kier alpha value is -2.66. The number of benzene rings is 2. The number of primary amides is 1. The molecule has 5 nitrogen and oxygen atoms in total. The summed E-state index contributed by atoms with van der Waals surface area (Å²) in [5.74, 6) is 0.401. The summed E-state index contributed by atoms with van der Waals surface area (Å²) in [6, 6.07) is 14.1. The van der Waals surface area contributed by atoms with Gasteiger partial charge in [-0.15, -0.1) is 0 Å². The number of carbonyl (C=O) groups is 1. The van der Waals surface area contributed by atoms with Crippen LogP contribution in [0.5, 0.6) is 0 Å². The number of para-hydroxylation sites is 1. The number of imidazole rings is 1. The summed E-state index contributed by atoms with van der Waals surface area (Å²) < 4.78 is 0. The Morgan fingerprint density at radius 2 is 1.96 bits per heavy atom.